The molecule has 1 aliphatic heterocycles. The summed E-state index contributed by atoms with van der Waals surface area (Å²) in [6.07, 6.45) is 6.03. The molecule has 140 valence electrons. The topological polar surface area (TPSA) is 54.0 Å². The van der Waals surface area contributed by atoms with E-state index in [4.69, 9.17) is 18.3 Å². The fraction of sp³-hybridized carbons (Fsp3) is 0.833. The van der Waals surface area contributed by atoms with Gasteiger partial charge in [-0.05, 0) is 44.6 Å². The lowest BCUT2D eigenvalue weighted by Gasteiger charge is -2.49. The van der Waals surface area contributed by atoms with Crippen molar-refractivity contribution in [3.8, 4) is 0 Å². The van der Waals surface area contributed by atoms with Gasteiger partial charge in [0.2, 0.25) is 0 Å². The Balaban J connectivity index is 2.59. The van der Waals surface area contributed by atoms with E-state index in [9.17, 15) is 4.79 Å². The van der Waals surface area contributed by atoms with E-state index in [1.165, 1.54) is 0 Å². The van der Waals surface area contributed by atoms with Crippen LogP contribution in [0.1, 0.15) is 52.4 Å². The summed E-state index contributed by atoms with van der Waals surface area (Å²) < 4.78 is 23.1. The number of carbonyl (C=O) groups is 1. The number of ether oxygens (including phenoxy) is 2. The molecule has 0 spiro atoms. The zero-order valence-corrected chi connectivity index (χ0v) is 17.0. The molecule has 1 aliphatic rings. The van der Waals surface area contributed by atoms with Crippen molar-refractivity contribution in [2.75, 3.05) is 27.9 Å². The third kappa shape index (κ3) is 4.91. The summed E-state index contributed by atoms with van der Waals surface area (Å²) in [6, 6.07) is 0.983. The van der Waals surface area contributed by atoms with Gasteiger partial charge in [0.15, 0.2) is 0 Å². The lowest BCUT2D eigenvalue weighted by atomic mass is 9.95. The standard InChI is InChI=1S/C18H34O5Si/c1-15(2)17(19)23-12-9-10-16(3)14-18(20-4)11-7-8-13-24(18,21-5)22-6/h16H,1,7-14H2,2-6H3. The maximum atomic E-state index is 11.4. The Labute approximate surface area is 147 Å². The lowest BCUT2D eigenvalue weighted by molar-refractivity contribution is -0.139. The molecule has 0 saturated carbocycles. The van der Waals surface area contributed by atoms with Crippen molar-refractivity contribution >= 4 is 14.5 Å². The second kappa shape index (κ2) is 9.70. The van der Waals surface area contributed by atoms with Crippen LogP contribution in [-0.2, 0) is 23.1 Å². The molecule has 0 aromatic rings. The molecule has 0 amide bonds. The van der Waals surface area contributed by atoms with Crippen molar-refractivity contribution in [1.29, 1.82) is 0 Å². The van der Waals surface area contributed by atoms with Gasteiger partial charge >= 0.3 is 14.5 Å². The van der Waals surface area contributed by atoms with Gasteiger partial charge in [-0.15, -0.1) is 0 Å². The molecule has 24 heavy (non-hydrogen) atoms. The molecule has 6 heteroatoms. The monoisotopic (exact) mass is 358 g/mol. The van der Waals surface area contributed by atoms with E-state index in [0.717, 1.165) is 44.6 Å². The predicted octanol–water partition coefficient (Wildman–Crippen LogP) is 3.76. The highest BCUT2D eigenvalue weighted by Gasteiger charge is 2.59. The van der Waals surface area contributed by atoms with Gasteiger partial charge in [-0.25, -0.2) is 4.79 Å². The Morgan fingerprint density at radius 2 is 1.92 bits per heavy atom. The first-order valence-electron chi connectivity index (χ1n) is 8.84. The minimum absolute atomic E-state index is 0.289. The van der Waals surface area contributed by atoms with Crippen molar-refractivity contribution < 1.29 is 23.1 Å². The molecular formula is C18H34O5Si. The van der Waals surface area contributed by atoms with Gasteiger partial charge in [0, 0.05) is 26.9 Å². The number of methoxy groups -OCH3 is 1. The fourth-order valence-corrected chi connectivity index (χ4v) is 7.85. The molecule has 0 aromatic heterocycles. The van der Waals surface area contributed by atoms with Gasteiger partial charge in [-0.1, -0.05) is 26.3 Å². The van der Waals surface area contributed by atoms with E-state index >= 15 is 0 Å². The van der Waals surface area contributed by atoms with Crippen LogP contribution in [0.15, 0.2) is 12.2 Å². The molecule has 1 saturated heterocycles. The smallest absolute Gasteiger partial charge is 0.370 e. The van der Waals surface area contributed by atoms with Crippen molar-refractivity contribution in [1.82, 2.24) is 0 Å². The molecule has 0 aromatic carbocycles. The van der Waals surface area contributed by atoms with Crippen molar-refractivity contribution in [2.24, 2.45) is 5.92 Å². The van der Waals surface area contributed by atoms with Gasteiger partial charge in [0.25, 0.3) is 0 Å². The summed E-state index contributed by atoms with van der Waals surface area (Å²) in [6.45, 7) is 7.91. The van der Waals surface area contributed by atoms with E-state index in [2.05, 4.69) is 13.5 Å². The average Bonchev–Trinajstić information content (AvgIpc) is 2.58. The van der Waals surface area contributed by atoms with Crippen LogP contribution in [-0.4, -0.2) is 47.7 Å². The van der Waals surface area contributed by atoms with Crippen LogP contribution < -0.4 is 0 Å². The summed E-state index contributed by atoms with van der Waals surface area (Å²) >= 11 is 0. The largest absolute Gasteiger partial charge is 0.462 e. The Bertz CT molecular complexity index is 422. The van der Waals surface area contributed by atoms with Gasteiger partial charge < -0.3 is 18.3 Å². The van der Waals surface area contributed by atoms with Crippen LogP contribution in [0.5, 0.6) is 0 Å². The van der Waals surface area contributed by atoms with E-state index < -0.39 is 8.56 Å². The zero-order chi connectivity index (χ0) is 18.2. The molecule has 0 radical (unpaired) electrons. The highest BCUT2D eigenvalue weighted by molar-refractivity contribution is 6.70. The Hall–Kier alpha value is -0.693. The number of carbonyl (C=O) groups excluding carboxylic acids is 1. The number of hydrogen-bond donors (Lipinski definition) is 0. The Morgan fingerprint density at radius 3 is 2.46 bits per heavy atom. The van der Waals surface area contributed by atoms with E-state index in [1.807, 2.05) is 0 Å². The molecule has 1 heterocycles. The summed E-state index contributed by atoms with van der Waals surface area (Å²) in [5.74, 6) is 0.136. The third-order valence-electron chi connectivity index (χ3n) is 5.18. The first-order valence-corrected chi connectivity index (χ1v) is 10.9. The lowest BCUT2D eigenvalue weighted by Crippen LogP contribution is -2.65. The quantitative estimate of drug-likeness (QED) is 0.258. The minimum Gasteiger partial charge on any atom is -0.462 e. The van der Waals surface area contributed by atoms with Crippen molar-refractivity contribution in [3.63, 3.8) is 0 Å². The van der Waals surface area contributed by atoms with E-state index in [-0.39, 0.29) is 11.2 Å². The molecule has 2 atom stereocenters. The first-order chi connectivity index (χ1) is 11.4. The molecule has 5 nitrogen and oxygen atoms in total. The molecule has 2 unspecified atom stereocenters. The minimum atomic E-state index is -2.37. The van der Waals surface area contributed by atoms with Gasteiger partial charge in [-0.2, -0.15) is 0 Å². The molecule has 0 aliphatic carbocycles. The van der Waals surface area contributed by atoms with E-state index in [0.29, 0.717) is 18.1 Å². The molecular weight excluding hydrogens is 324 g/mol. The highest BCUT2D eigenvalue weighted by atomic mass is 28.4. The summed E-state index contributed by atoms with van der Waals surface area (Å²) in [5.41, 5.74) is 0.444. The maximum Gasteiger partial charge on any atom is 0.370 e. The molecule has 1 rings (SSSR count). The molecule has 0 N–H and O–H groups in total. The van der Waals surface area contributed by atoms with Crippen LogP contribution in [0.3, 0.4) is 0 Å². The summed E-state index contributed by atoms with van der Waals surface area (Å²) in [7, 11) is 2.93. The number of hydrogen-bond acceptors (Lipinski definition) is 5. The summed E-state index contributed by atoms with van der Waals surface area (Å²) in [4.78, 5) is 11.4. The Morgan fingerprint density at radius 1 is 1.25 bits per heavy atom. The van der Waals surface area contributed by atoms with Gasteiger partial charge in [-0.3, -0.25) is 0 Å². The van der Waals surface area contributed by atoms with E-state index in [1.54, 1.807) is 28.3 Å². The van der Waals surface area contributed by atoms with Crippen molar-refractivity contribution in [3.05, 3.63) is 12.2 Å². The number of rotatable bonds is 10. The third-order valence-corrected chi connectivity index (χ3v) is 9.56. The van der Waals surface area contributed by atoms with Gasteiger partial charge in [0.05, 0.1) is 6.61 Å². The van der Waals surface area contributed by atoms with Crippen LogP contribution in [0.4, 0.5) is 0 Å². The average molecular weight is 359 g/mol. The molecule has 1 fully saturated rings. The maximum absolute atomic E-state index is 11.4. The van der Waals surface area contributed by atoms with Crippen LogP contribution in [0.25, 0.3) is 0 Å². The Kier molecular flexibility index (Phi) is 8.63. The second-order valence-corrected chi connectivity index (χ2v) is 10.7. The van der Waals surface area contributed by atoms with Gasteiger partial charge in [0.1, 0.15) is 5.22 Å². The van der Waals surface area contributed by atoms with Crippen LogP contribution in [0.2, 0.25) is 6.04 Å². The van der Waals surface area contributed by atoms with Crippen LogP contribution in [0, 0.1) is 5.92 Å². The van der Waals surface area contributed by atoms with Crippen LogP contribution >= 0.6 is 0 Å². The highest BCUT2D eigenvalue weighted by Crippen LogP contribution is 2.44. The summed E-state index contributed by atoms with van der Waals surface area (Å²) in [5, 5.41) is -0.289. The number of esters is 1. The first kappa shape index (κ1) is 21.3. The SMILES string of the molecule is C=C(C)C(=O)OCCCC(C)CC1(OC)CCCC[Si]1(OC)OC. The predicted molar refractivity (Wildman–Crippen MR) is 97.0 cm³/mol. The van der Waals surface area contributed by atoms with Crippen molar-refractivity contribution in [2.45, 2.75) is 63.6 Å². The zero-order valence-electron chi connectivity index (χ0n) is 16.0. The second-order valence-electron chi connectivity index (χ2n) is 6.93. The molecule has 0 bridgehead atoms. The fourth-order valence-electron chi connectivity index (χ4n) is 3.83. The normalized spacial score (nSPS) is 24.4.